The molecule has 1 fully saturated rings. The van der Waals surface area contributed by atoms with Crippen LogP contribution in [0.2, 0.25) is 5.15 Å². The number of rotatable bonds is 3. The molecule has 15 heavy (non-hydrogen) atoms. The maximum absolute atomic E-state index is 11.9. The molecule has 0 radical (unpaired) electrons. The molecule has 2 rings (SSSR count). The molecule has 6 heteroatoms. The summed E-state index contributed by atoms with van der Waals surface area (Å²) in [6, 6.07) is 1.91. The third-order valence-corrected chi connectivity index (χ3v) is 3.96. The van der Waals surface area contributed by atoms with E-state index in [9.17, 15) is 4.21 Å². The van der Waals surface area contributed by atoms with Gasteiger partial charge in [0.2, 0.25) is 0 Å². The van der Waals surface area contributed by atoms with Crippen molar-refractivity contribution in [1.82, 2.24) is 15.3 Å². The minimum atomic E-state index is -1.08. The maximum atomic E-state index is 11.9. The van der Waals surface area contributed by atoms with Crippen molar-refractivity contribution in [3.63, 3.8) is 0 Å². The second-order valence-electron chi connectivity index (χ2n) is 3.48. The van der Waals surface area contributed by atoms with Gasteiger partial charge in [-0.05, 0) is 19.4 Å². The molecule has 4 nitrogen and oxygen atoms in total. The SMILES string of the molecule is O=[S@](C[C@@H]1CCCN1)c1cc(Cl)ncn1. The fourth-order valence-corrected chi connectivity index (χ4v) is 3.05. The zero-order chi connectivity index (χ0) is 10.7. The summed E-state index contributed by atoms with van der Waals surface area (Å²) < 4.78 is 11.9. The summed E-state index contributed by atoms with van der Waals surface area (Å²) in [5.74, 6) is 0.605. The molecule has 0 spiro atoms. The van der Waals surface area contributed by atoms with Gasteiger partial charge in [0, 0.05) is 17.9 Å². The van der Waals surface area contributed by atoms with Crippen molar-refractivity contribution in [3.05, 3.63) is 17.5 Å². The Labute approximate surface area is 95.9 Å². The van der Waals surface area contributed by atoms with Gasteiger partial charge in [0.1, 0.15) is 16.5 Å². The highest BCUT2D eigenvalue weighted by molar-refractivity contribution is 7.85. The Hall–Kier alpha value is -0.520. The molecule has 2 heterocycles. The van der Waals surface area contributed by atoms with E-state index in [0.29, 0.717) is 22.0 Å². The highest BCUT2D eigenvalue weighted by atomic mass is 35.5. The number of halogens is 1. The van der Waals surface area contributed by atoms with Gasteiger partial charge in [0.25, 0.3) is 0 Å². The van der Waals surface area contributed by atoms with E-state index in [4.69, 9.17) is 11.6 Å². The first-order valence-corrected chi connectivity index (χ1v) is 6.55. The molecule has 0 bridgehead atoms. The van der Waals surface area contributed by atoms with Crippen molar-refractivity contribution >= 4 is 22.4 Å². The summed E-state index contributed by atoms with van der Waals surface area (Å²) >= 11 is 5.70. The van der Waals surface area contributed by atoms with E-state index < -0.39 is 10.8 Å². The average molecular weight is 246 g/mol. The molecule has 82 valence electrons. The van der Waals surface area contributed by atoms with E-state index in [0.717, 1.165) is 19.4 Å². The Bertz CT molecular complexity index is 368. The Morgan fingerprint density at radius 2 is 2.47 bits per heavy atom. The van der Waals surface area contributed by atoms with Crippen LogP contribution in [0.4, 0.5) is 0 Å². The summed E-state index contributed by atoms with van der Waals surface area (Å²) in [7, 11) is -1.08. The van der Waals surface area contributed by atoms with Crippen molar-refractivity contribution in [2.24, 2.45) is 0 Å². The summed E-state index contributed by atoms with van der Waals surface area (Å²) in [5.41, 5.74) is 0. The number of nitrogens with one attached hydrogen (secondary N) is 1. The van der Waals surface area contributed by atoms with Crippen molar-refractivity contribution in [3.8, 4) is 0 Å². The standard InChI is InChI=1S/C9H12ClN3OS/c10-8-4-9(13-6-12-8)15(14)5-7-2-1-3-11-7/h4,6-7,11H,1-3,5H2/t7-,15+/m0/s1. The maximum Gasteiger partial charge on any atom is 0.133 e. The second kappa shape index (κ2) is 5.01. The lowest BCUT2D eigenvalue weighted by molar-refractivity contribution is 0.641. The quantitative estimate of drug-likeness (QED) is 0.807. The van der Waals surface area contributed by atoms with Crippen LogP contribution in [0.25, 0.3) is 0 Å². The molecule has 0 aliphatic carbocycles. The van der Waals surface area contributed by atoms with Gasteiger partial charge in [-0.3, -0.25) is 4.21 Å². The number of hydrogen-bond acceptors (Lipinski definition) is 4. The number of hydrogen-bond donors (Lipinski definition) is 1. The first-order chi connectivity index (χ1) is 7.25. The fourth-order valence-electron chi connectivity index (χ4n) is 1.61. The van der Waals surface area contributed by atoms with Crippen LogP contribution >= 0.6 is 11.6 Å². The third kappa shape index (κ3) is 2.96. The summed E-state index contributed by atoms with van der Waals surface area (Å²) in [5, 5.41) is 4.16. The van der Waals surface area contributed by atoms with Gasteiger partial charge in [0.15, 0.2) is 0 Å². The molecule has 2 atom stereocenters. The van der Waals surface area contributed by atoms with Gasteiger partial charge < -0.3 is 5.32 Å². The normalized spacial score (nSPS) is 22.9. The van der Waals surface area contributed by atoms with Crippen LogP contribution in [0.1, 0.15) is 12.8 Å². The van der Waals surface area contributed by atoms with Crippen LogP contribution in [0.5, 0.6) is 0 Å². The van der Waals surface area contributed by atoms with Gasteiger partial charge in [-0.2, -0.15) is 0 Å². The molecule has 0 unspecified atom stereocenters. The highest BCUT2D eigenvalue weighted by Gasteiger charge is 2.18. The Balaban J connectivity index is 2.01. The zero-order valence-corrected chi connectivity index (χ0v) is 9.72. The molecule has 1 aromatic heterocycles. The molecule has 1 aromatic rings. The molecule has 1 saturated heterocycles. The minimum absolute atomic E-state index is 0.340. The van der Waals surface area contributed by atoms with Gasteiger partial charge in [-0.25, -0.2) is 9.97 Å². The van der Waals surface area contributed by atoms with E-state index >= 15 is 0 Å². The van der Waals surface area contributed by atoms with Gasteiger partial charge in [-0.1, -0.05) is 11.6 Å². The van der Waals surface area contributed by atoms with E-state index in [2.05, 4.69) is 15.3 Å². The summed E-state index contributed by atoms with van der Waals surface area (Å²) in [4.78, 5) is 7.72. The predicted molar refractivity (Wildman–Crippen MR) is 59.3 cm³/mol. The minimum Gasteiger partial charge on any atom is -0.313 e. The number of nitrogens with zero attached hydrogens (tertiary/aromatic N) is 2. The van der Waals surface area contributed by atoms with Crippen molar-refractivity contribution in [2.45, 2.75) is 23.9 Å². The van der Waals surface area contributed by atoms with Crippen molar-refractivity contribution in [2.75, 3.05) is 12.3 Å². The third-order valence-electron chi connectivity index (χ3n) is 2.36. The smallest absolute Gasteiger partial charge is 0.133 e. The van der Waals surface area contributed by atoms with Crippen LogP contribution in [-0.2, 0) is 10.8 Å². The lowest BCUT2D eigenvalue weighted by Crippen LogP contribution is -2.27. The average Bonchev–Trinajstić information content (AvgIpc) is 2.70. The molecule has 1 N–H and O–H groups in total. The topological polar surface area (TPSA) is 54.9 Å². The van der Waals surface area contributed by atoms with Crippen molar-refractivity contribution < 1.29 is 4.21 Å². The predicted octanol–water partition coefficient (Wildman–Crippen LogP) is 0.990. The molecular weight excluding hydrogens is 234 g/mol. The lowest BCUT2D eigenvalue weighted by atomic mass is 10.3. The molecule has 1 aliphatic rings. The Kier molecular flexibility index (Phi) is 3.66. The largest absolute Gasteiger partial charge is 0.313 e. The van der Waals surface area contributed by atoms with Crippen LogP contribution in [0.15, 0.2) is 17.4 Å². The lowest BCUT2D eigenvalue weighted by Gasteiger charge is -2.08. The zero-order valence-electron chi connectivity index (χ0n) is 8.15. The molecule has 1 aliphatic heterocycles. The monoisotopic (exact) mass is 245 g/mol. The van der Waals surface area contributed by atoms with E-state index in [1.165, 1.54) is 6.33 Å². The first kappa shape index (κ1) is 11.0. The molecule has 0 saturated carbocycles. The van der Waals surface area contributed by atoms with E-state index in [-0.39, 0.29) is 0 Å². The summed E-state index contributed by atoms with van der Waals surface area (Å²) in [6.45, 7) is 1.02. The van der Waals surface area contributed by atoms with Crippen LogP contribution in [-0.4, -0.2) is 32.5 Å². The van der Waals surface area contributed by atoms with Crippen LogP contribution < -0.4 is 5.32 Å². The molecule has 0 aromatic carbocycles. The van der Waals surface area contributed by atoms with Crippen molar-refractivity contribution in [1.29, 1.82) is 0 Å². The first-order valence-electron chi connectivity index (χ1n) is 4.85. The van der Waals surface area contributed by atoms with Gasteiger partial charge in [0.05, 0.1) is 10.8 Å². The Morgan fingerprint density at radius 1 is 1.60 bits per heavy atom. The number of aromatic nitrogens is 2. The highest BCUT2D eigenvalue weighted by Crippen LogP contribution is 2.12. The fraction of sp³-hybridized carbons (Fsp3) is 0.556. The van der Waals surface area contributed by atoms with Crippen LogP contribution in [0.3, 0.4) is 0 Å². The molecule has 0 amide bonds. The van der Waals surface area contributed by atoms with Crippen LogP contribution in [0, 0.1) is 0 Å². The Morgan fingerprint density at radius 3 is 3.13 bits per heavy atom. The van der Waals surface area contributed by atoms with E-state index in [1.807, 2.05) is 0 Å². The molecular formula is C9H12ClN3OS. The van der Waals surface area contributed by atoms with E-state index in [1.54, 1.807) is 6.07 Å². The van der Waals surface area contributed by atoms with Gasteiger partial charge in [-0.15, -0.1) is 0 Å². The second-order valence-corrected chi connectivity index (χ2v) is 5.31. The summed E-state index contributed by atoms with van der Waals surface area (Å²) in [6.07, 6.45) is 3.59. The van der Waals surface area contributed by atoms with Gasteiger partial charge >= 0.3 is 0 Å².